The van der Waals surface area contributed by atoms with Crippen molar-refractivity contribution in [2.75, 3.05) is 44.4 Å². The van der Waals surface area contributed by atoms with Crippen molar-refractivity contribution < 1.29 is 56.0 Å². The maximum absolute atomic E-state index is 15.6. The smallest absolute Gasteiger partial charge is 0.490 e. The first-order valence-corrected chi connectivity index (χ1v) is 15.0. The van der Waals surface area contributed by atoms with E-state index in [2.05, 4.69) is 4.74 Å². The van der Waals surface area contributed by atoms with E-state index >= 15 is 4.39 Å². The second-order valence-electron chi connectivity index (χ2n) is 12.1. The minimum absolute atomic E-state index is 0.00490. The van der Waals surface area contributed by atoms with Gasteiger partial charge in [-0.15, -0.1) is 0 Å². The minimum atomic E-state index is -5.17. The highest BCUT2D eigenvalue weighted by Gasteiger charge is 2.43. The van der Waals surface area contributed by atoms with Crippen molar-refractivity contribution in [3.8, 4) is 17.2 Å². The largest absolute Gasteiger partial charge is 0.490 e. The van der Waals surface area contributed by atoms with Crippen LogP contribution in [0.2, 0.25) is 0 Å². The lowest BCUT2D eigenvalue weighted by Gasteiger charge is -2.29. The maximum Gasteiger partial charge on any atom is 0.490 e. The zero-order valence-electron chi connectivity index (χ0n) is 26.7. The molecule has 47 heavy (non-hydrogen) atoms. The van der Waals surface area contributed by atoms with Gasteiger partial charge in [0.1, 0.15) is 17.7 Å². The first-order valence-electron chi connectivity index (χ1n) is 15.0. The molecule has 2 aliphatic heterocycles. The highest BCUT2D eigenvalue weighted by molar-refractivity contribution is 6.06. The van der Waals surface area contributed by atoms with Gasteiger partial charge in [0.15, 0.2) is 29.7 Å². The van der Waals surface area contributed by atoms with Crippen molar-refractivity contribution in [2.24, 2.45) is 0 Å². The predicted octanol–water partition coefficient (Wildman–Crippen LogP) is 5.09. The van der Waals surface area contributed by atoms with Crippen LogP contribution >= 0.6 is 0 Å². The minimum Gasteiger partial charge on any atom is -0.490 e. The fourth-order valence-electron chi connectivity index (χ4n) is 5.54. The quantitative estimate of drug-likeness (QED) is 0.179. The molecule has 0 spiro atoms. The molecule has 0 radical (unpaired) electrons. The normalized spacial score (nSPS) is 16.3. The summed E-state index contributed by atoms with van der Waals surface area (Å²) in [5.74, 6) is -4.85. The van der Waals surface area contributed by atoms with Crippen molar-refractivity contribution in [3.63, 3.8) is 0 Å². The molecule has 15 heteroatoms. The van der Waals surface area contributed by atoms with Gasteiger partial charge in [-0.3, -0.25) is 10.2 Å². The van der Waals surface area contributed by atoms with Gasteiger partial charge in [0.25, 0.3) is 0 Å². The summed E-state index contributed by atoms with van der Waals surface area (Å²) in [6.07, 6.45) is -6.24. The summed E-state index contributed by atoms with van der Waals surface area (Å²) in [7, 11) is 0. The third-order valence-electron chi connectivity index (χ3n) is 7.64. The number of fused-ring (bicyclic) bond motifs is 1. The molecule has 2 heterocycles. The van der Waals surface area contributed by atoms with Gasteiger partial charge in [-0.1, -0.05) is 20.8 Å². The van der Waals surface area contributed by atoms with Crippen LogP contribution in [0, 0.1) is 11.2 Å². The van der Waals surface area contributed by atoms with Crippen LogP contribution in [0.15, 0.2) is 18.2 Å². The standard InChI is InChI=1S/C32H37F4N3O8/c1-6-44-23-12-18-13-39(29(37)25(18)26(33)28(23)45-7-2)15-22(40)17-10-20(31(3,4)5)27(46-16-24(41)42)21(11-17)38-9-8-19(14-38)47-30(43)32(34,35)36/h10-12,19,37H,6-9,13-16H2,1-5H3,(H,41,42). The topological polar surface area (TPSA) is 139 Å². The molecule has 2 aliphatic rings. The zero-order valence-corrected chi connectivity index (χ0v) is 26.7. The van der Waals surface area contributed by atoms with E-state index in [4.69, 9.17) is 19.6 Å². The van der Waals surface area contributed by atoms with Gasteiger partial charge in [0.2, 0.25) is 0 Å². The molecule has 256 valence electrons. The van der Waals surface area contributed by atoms with Crippen molar-refractivity contribution in [3.05, 3.63) is 46.3 Å². The molecule has 0 aliphatic carbocycles. The van der Waals surface area contributed by atoms with Crippen LogP contribution < -0.4 is 19.1 Å². The number of hydrogen-bond donors (Lipinski definition) is 2. The monoisotopic (exact) mass is 667 g/mol. The summed E-state index contributed by atoms with van der Waals surface area (Å²) in [5, 5.41) is 18.0. The molecule has 0 amide bonds. The van der Waals surface area contributed by atoms with Crippen molar-refractivity contribution in [1.82, 2.24) is 4.90 Å². The van der Waals surface area contributed by atoms with Crippen LogP contribution in [0.4, 0.5) is 23.2 Å². The van der Waals surface area contributed by atoms with Gasteiger partial charge in [-0.25, -0.2) is 14.0 Å². The van der Waals surface area contributed by atoms with E-state index in [1.807, 2.05) is 20.8 Å². The van der Waals surface area contributed by atoms with E-state index < -0.39 is 47.8 Å². The first kappa shape index (κ1) is 35.3. The fraction of sp³-hybridized carbons (Fsp3) is 0.500. The van der Waals surface area contributed by atoms with Crippen LogP contribution in [0.3, 0.4) is 0 Å². The number of aliphatic carboxylic acids is 1. The molecule has 1 atom stereocenters. The van der Waals surface area contributed by atoms with E-state index in [0.29, 0.717) is 11.1 Å². The number of hydrogen-bond acceptors (Lipinski definition) is 9. The third kappa shape index (κ3) is 7.71. The van der Waals surface area contributed by atoms with Crippen LogP contribution in [0.25, 0.3) is 0 Å². The number of carboxylic acids is 1. The zero-order chi connectivity index (χ0) is 34.8. The summed E-state index contributed by atoms with van der Waals surface area (Å²) in [4.78, 5) is 39.7. The summed E-state index contributed by atoms with van der Waals surface area (Å²) < 4.78 is 75.5. The maximum atomic E-state index is 15.6. The average Bonchev–Trinajstić information content (AvgIpc) is 3.56. The Balaban J connectivity index is 1.68. The number of carbonyl (C=O) groups excluding carboxylic acids is 2. The highest BCUT2D eigenvalue weighted by atomic mass is 19.4. The van der Waals surface area contributed by atoms with E-state index in [0.717, 1.165) is 0 Å². The molecule has 0 bridgehead atoms. The molecular weight excluding hydrogens is 630 g/mol. The second kappa shape index (κ2) is 13.7. The van der Waals surface area contributed by atoms with Gasteiger partial charge >= 0.3 is 18.1 Å². The summed E-state index contributed by atoms with van der Waals surface area (Å²) in [6, 6.07) is 4.58. The number of benzene rings is 2. The van der Waals surface area contributed by atoms with Gasteiger partial charge in [-0.2, -0.15) is 13.2 Å². The van der Waals surface area contributed by atoms with Gasteiger partial charge in [0.05, 0.1) is 37.6 Å². The molecule has 0 saturated carbocycles. The number of carbonyl (C=O) groups is 3. The molecule has 1 fully saturated rings. The van der Waals surface area contributed by atoms with Crippen molar-refractivity contribution >= 4 is 29.2 Å². The summed E-state index contributed by atoms with van der Waals surface area (Å²) >= 11 is 0. The van der Waals surface area contributed by atoms with Gasteiger partial charge in [-0.05, 0) is 43.0 Å². The van der Waals surface area contributed by atoms with E-state index in [1.54, 1.807) is 30.9 Å². The predicted molar refractivity (Wildman–Crippen MR) is 161 cm³/mol. The number of ketones is 1. The van der Waals surface area contributed by atoms with E-state index in [-0.39, 0.29) is 85.7 Å². The molecule has 11 nitrogen and oxygen atoms in total. The van der Waals surface area contributed by atoms with Crippen molar-refractivity contribution in [2.45, 2.75) is 65.3 Å². The Hall–Kier alpha value is -4.56. The summed E-state index contributed by atoms with van der Waals surface area (Å²) in [5.41, 5.74) is 0.570. The van der Waals surface area contributed by atoms with Gasteiger partial charge < -0.3 is 33.9 Å². The van der Waals surface area contributed by atoms with E-state index in [9.17, 15) is 32.7 Å². The first-order chi connectivity index (χ1) is 22.0. The molecule has 1 saturated heterocycles. The van der Waals surface area contributed by atoms with E-state index in [1.165, 1.54) is 11.0 Å². The Morgan fingerprint density at radius 3 is 2.30 bits per heavy atom. The lowest BCUT2D eigenvalue weighted by molar-refractivity contribution is -0.203. The number of carboxylic acid groups (broad SMARTS) is 1. The Kier molecular flexibility index (Phi) is 10.3. The molecule has 1 unspecified atom stereocenters. The molecule has 4 rings (SSSR count). The van der Waals surface area contributed by atoms with Crippen LogP contribution in [-0.4, -0.2) is 85.3 Å². The summed E-state index contributed by atoms with van der Waals surface area (Å²) in [6.45, 7) is 8.23. The second-order valence-corrected chi connectivity index (χ2v) is 12.1. The Labute approximate surface area is 268 Å². The molecule has 0 aromatic heterocycles. The van der Waals surface area contributed by atoms with Crippen LogP contribution in [0.1, 0.15) is 68.1 Å². The number of nitrogens with one attached hydrogen (secondary N) is 1. The average molecular weight is 668 g/mol. The Morgan fingerprint density at radius 1 is 1.02 bits per heavy atom. The van der Waals surface area contributed by atoms with Crippen LogP contribution in [-0.2, 0) is 26.3 Å². The number of esters is 1. The number of anilines is 1. The lowest BCUT2D eigenvalue weighted by atomic mass is 9.84. The number of alkyl halides is 3. The number of halogens is 4. The molecule has 2 aromatic carbocycles. The molecule has 2 aromatic rings. The SMILES string of the molecule is CCOc1cc2c(c(F)c1OCC)C(=N)N(CC(=O)c1cc(N3CCC(OC(=O)C(F)(F)F)C3)c(OCC(=O)O)c(C(C)(C)C)c1)C2. The number of amidine groups is 1. The lowest BCUT2D eigenvalue weighted by Crippen LogP contribution is -2.32. The highest BCUT2D eigenvalue weighted by Crippen LogP contribution is 2.43. The number of Topliss-reactive ketones (excluding diaryl/α,β-unsaturated/α-hetero) is 1. The number of nitrogens with zero attached hydrogens (tertiary/aromatic N) is 2. The number of rotatable bonds is 12. The fourth-order valence-corrected chi connectivity index (χ4v) is 5.54. The Bertz CT molecular complexity index is 1570. The van der Waals surface area contributed by atoms with Gasteiger partial charge in [0, 0.05) is 30.6 Å². The number of ether oxygens (including phenoxy) is 4. The molecular formula is C32H37F4N3O8. The van der Waals surface area contributed by atoms with Crippen molar-refractivity contribution in [1.29, 1.82) is 5.41 Å². The molecule has 2 N–H and O–H groups in total. The Morgan fingerprint density at radius 2 is 1.70 bits per heavy atom. The van der Waals surface area contributed by atoms with Crippen LogP contribution in [0.5, 0.6) is 17.2 Å². The third-order valence-corrected chi connectivity index (χ3v) is 7.64.